The molecule has 2 N–H and O–H groups in total. The second-order valence-electron chi connectivity index (χ2n) is 6.91. The molecule has 0 aliphatic carbocycles. The van der Waals surface area contributed by atoms with Gasteiger partial charge < -0.3 is 14.9 Å². The molecule has 3 rings (SSSR count). The molecule has 2 aromatic carbocycles. The number of aryl methyl sites for hydroxylation is 1. The summed E-state index contributed by atoms with van der Waals surface area (Å²) < 4.78 is 5.75. The van der Waals surface area contributed by atoms with E-state index in [1.165, 1.54) is 0 Å². The van der Waals surface area contributed by atoms with Gasteiger partial charge >= 0.3 is 5.97 Å². The highest BCUT2D eigenvalue weighted by atomic mass is 35.5. The van der Waals surface area contributed by atoms with Crippen LogP contribution in [0.4, 0.5) is 0 Å². The van der Waals surface area contributed by atoms with Crippen LogP contribution in [0.2, 0.25) is 5.02 Å². The number of pyridine rings is 1. The van der Waals surface area contributed by atoms with E-state index >= 15 is 0 Å². The van der Waals surface area contributed by atoms with Crippen molar-refractivity contribution >= 4 is 28.5 Å². The maximum Gasteiger partial charge on any atom is 0.337 e. The van der Waals surface area contributed by atoms with Crippen molar-refractivity contribution < 1.29 is 19.7 Å². The van der Waals surface area contributed by atoms with Gasteiger partial charge in [0.05, 0.1) is 18.2 Å². The van der Waals surface area contributed by atoms with Crippen molar-refractivity contribution in [3.63, 3.8) is 0 Å². The first kappa shape index (κ1) is 20.3. The fourth-order valence-corrected chi connectivity index (χ4v) is 3.48. The Bertz CT molecular complexity index is 1020. The standard InChI is InChI=1S/C22H22ClNO4/c1-12(2)28-21(22(26)27)19-13(3)24-18-9-8-16(23)10-17(18)20(19)15-6-4-14(11-25)5-7-15/h4-10,12,21,25H,11H2,1-3H3,(H,26,27). The van der Waals surface area contributed by atoms with Crippen molar-refractivity contribution in [1.29, 1.82) is 0 Å². The summed E-state index contributed by atoms with van der Waals surface area (Å²) >= 11 is 6.24. The third-order valence-corrected chi connectivity index (χ3v) is 4.73. The maximum atomic E-state index is 12.1. The summed E-state index contributed by atoms with van der Waals surface area (Å²) in [5, 5.41) is 20.5. The number of benzene rings is 2. The van der Waals surface area contributed by atoms with Crippen molar-refractivity contribution in [3.8, 4) is 11.1 Å². The lowest BCUT2D eigenvalue weighted by Gasteiger charge is -2.23. The fourth-order valence-electron chi connectivity index (χ4n) is 3.30. The second kappa shape index (κ2) is 8.27. The average Bonchev–Trinajstić information content (AvgIpc) is 2.65. The molecule has 1 unspecified atom stereocenters. The lowest BCUT2D eigenvalue weighted by molar-refractivity contribution is -0.153. The summed E-state index contributed by atoms with van der Waals surface area (Å²) in [6, 6.07) is 12.7. The van der Waals surface area contributed by atoms with E-state index in [0.717, 1.165) is 27.6 Å². The third kappa shape index (κ3) is 4.02. The lowest BCUT2D eigenvalue weighted by atomic mass is 9.91. The van der Waals surface area contributed by atoms with Crippen LogP contribution in [-0.2, 0) is 16.1 Å². The van der Waals surface area contributed by atoms with Gasteiger partial charge in [0.15, 0.2) is 6.10 Å². The number of carboxylic acids is 1. The van der Waals surface area contributed by atoms with E-state index in [4.69, 9.17) is 16.3 Å². The van der Waals surface area contributed by atoms with Crippen molar-refractivity contribution in [2.45, 2.75) is 39.6 Å². The average molecular weight is 400 g/mol. The molecule has 0 aliphatic heterocycles. The van der Waals surface area contributed by atoms with Crippen LogP contribution in [0.25, 0.3) is 22.0 Å². The number of nitrogens with zero attached hydrogens (tertiary/aromatic N) is 1. The number of halogens is 1. The Hall–Kier alpha value is -2.47. The van der Waals surface area contributed by atoms with Crippen molar-refractivity contribution in [1.82, 2.24) is 4.98 Å². The zero-order valence-electron chi connectivity index (χ0n) is 15.9. The highest BCUT2D eigenvalue weighted by Crippen LogP contribution is 2.39. The van der Waals surface area contributed by atoms with Gasteiger partial charge in [-0.2, -0.15) is 0 Å². The molecule has 3 aromatic rings. The molecule has 0 spiro atoms. The zero-order valence-corrected chi connectivity index (χ0v) is 16.7. The molecular weight excluding hydrogens is 378 g/mol. The van der Waals surface area contributed by atoms with E-state index in [0.29, 0.717) is 16.3 Å². The number of carbonyl (C=O) groups is 1. The van der Waals surface area contributed by atoms with Crippen LogP contribution < -0.4 is 0 Å². The summed E-state index contributed by atoms with van der Waals surface area (Å²) in [6.45, 7) is 5.32. The van der Waals surface area contributed by atoms with Gasteiger partial charge in [0.25, 0.3) is 0 Å². The van der Waals surface area contributed by atoms with Gasteiger partial charge in [0.1, 0.15) is 0 Å². The van der Waals surface area contributed by atoms with Crippen LogP contribution in [0.3, 0.4) is 0 Å². The topological polar surface area (TPSA) is 79.7 Å². The number of ether oxygens (including phenoxy) is 1. The molecule has 1 heterocycles. The van der Waals surface area contributed by atoms with Gasteiger partial charge in [-0.3, -0.25) is 4.98 Å². The van der Waals surface area contributed by atoms with Crippen LogP contribution in [0, 0.1) is 6.92 Å². The molecule has 0 radical (unpaired) electrons. The van der Waals surface area contributed by atoms with E-state index in [-0.39, 0.29) is 12.7 Å². The van der Waals surface area contributed by atoms with Gasteiger partial charge in [0, 0.05) is 21.7 Å². The van der Waals surface area contributed by atoms with Gasteiger partial charge in [-0.15, -0.1) is 0 Å². The number of aromatic nitrogens is 1. The van der Waals surface area contributed by atoms with Gasteiger partial charge in [-0.25, -0.2) is 4.79 Å². The molecule has 28 heavy (non-hydrogen) atoms. The van der Waals surface area contributed by atoms with E-state index in [2.05, 4.69) is 4.98 Å². The Kier molecular flexibility index (Phi) is 5.98. The molecule has 5 nitrogen and oxygen atoms in total. The largest absolute Gasteiger partial charge is 0.479 e. The normalized spacial score (nSPS) is 12.5. The fraction of sp³-hybridized carbons (Fsp3) is 0.273. The van der Waals surface area contributed by atoms with Gasteiger partial charge in [-0.1, -0.05) is 35.9 Å². The Balaban J connectivity index is 2.38. The van der Waals surface area contributed by atoms with Crippen molar-refractivity contribution in [3.05, 3.63) is 64.3 Å². The lowest BCUT2D eigenvalue weighted by Crippen LogP contribution is -2.21. The summed E-state index contributed by atoms with van der Waals surface area (Å²) in [5.74, 6) is -1.08. The van der Waals surface area contributed by atoms with E-state index in [1.54, 1.807) is 32.9 Å². The minimum absolute atomic E-state index is 0.0662. The van der Waals surface area contributed by atoms with E-state index in [1.807, 2.05) is 30.3 Å². The smallest absolute Gasteiger partial charge is 0.337 e. The first-order chi connectivity index (χ1) is 13.3. The summed E-state index contributed by atoms with van der Waals surface area (Å²) in [6.07, 6.45) is -1.44. The molecule has 6 heteroatoms. The summed E-state index contributed by atoms with van der Waals surface area (Å²) in [7, 11) is 0. The molecule has 1 atom stereocenters. The van der Waals surface area contributed by atoms with Crippen molar-refractivity contribution in [2.24, 2.45) is 0 Å². The predicted molar refractivity (Wildman–Crippen MR) is 109 cm³/mol. The number of rotatable bonds is 6. The quantitative estimate of drug-likeness (QED) is 0.615. The van der Waals surface area contributed by atoms with Gasteiger partial charge in [-0.05, 0) is 55.7 Å². The number of hydrogen-bond donors (Lipinski definition) is 2. The molecule has 0 bridgehead atoms. The number of carboxylic acid groups (broad SMARTS) is 1. The minimum Gasteiger partial charge on any atom is -0.479 e. The van der Waals surface area contributed by atoms with E-state index in [9.17, 15) is 15.0 Å². The first-order valence-corrected chi connectivity index (χ1v) is 9.37. The molecule has 146 valence electrons. The Morgan fingerprint density at radius 1 is 1.18 bits per heavy atom. The molecule has 0 fully saturated rings. The number of aliphatic hydroxyl groups excluding tert-OH is 1. The minimum atomic E-state index is -1.16. The highest BCUT2D eigenvalue weighted by molar-refractivity contribution is 6.31. The molecule has 0 aliphatic rings. The Labute approximate surface area is 168 Å². The molecular formula is C22H22ClNO4. The second-order valence-corrected chi connectivity index (χ2v) is 7.34. The Morgan fingerprint density at radius 3 is 2.43 bits per heavy atom. The van der Waals surface area contributed by atoms with Crippen LogP contribution in [0.5, 0.6) is 0 Å². The van der Waals surface area contributed by atoms with Crippen molar-refractivity contribution in [2.75, 3.05) is 0 Å². The molecule has 1 aromatic heterocycles. The first-order valence-electron chi connectivity index (χ1n) is 9.00. The predicted octanol–water partition coefficient (Wildman–Crippen LogP) is 4.91. The van der Waals surface area contributed by atoms with Crippen LogP contribution in [0.1, 0.15) is 36.8 Å². The number of hydrogen-bond acceptors (Lipinski definition) is 4. The van der Waals surface area contributed by atoms with Crippen LogP contribution >= 0.6 is 11.6 Å². The Morgan fingerprint density at radius 2 is 1.86 bits per heavy atom. The zero-order chi connectivity index (χ0) is 20.4. The van der Waals surface area contributed by atoms with Gasteiger partial charge in [0.2, 0.25) is 0 Å². The van der Waals surface area contributed by atoms with Crippen LogP contribution in [-0.4, -0.2) is 27.3 Å². The highest BCUT2D eigenvalue weighted by Gasteiger charge is 2.29. The number of fused-ring (bicyclic) bond motifs is 1. The number of aliphatic carboxylic acids is 1. The molecule has 0 saturated heterocycles. The van der Waals surface area contributed by atoms with Crippen LogP contribution in [0.15, 0.2) is 42.5 Å². The molecule has 0 amide bonds. The maximum absolute atomic E-state index is 12.1. The number of aliphatic hydroxyl groups is 1. The monoisotopic (exact) mass is 399 g/mol. The molecule has 0 saturated carbocycles. The third-order valence-electron chi connectivity index (χ3n) is 4.50. The SMILES string of the molecule is Cc1nc2ccc(Cl)cc2c(-c2ccc(CO)cc2)c1C(OC(C)C)C(=O)O. The van der Waals surface area contributed by atoms with E-state index < -0.39 is 12.1 Å². The summed E-state index contributed by atoms with van der Waals surface area (Å²) in [5.41, 5.74) is 4.12. The summed E-state index contributed by atoms with van der Waals surface area (Å²) in [4.78, 5) is 16.7.